The van der Waals surface area contributed by atoms with Crippen LogP contribution in [0, 0.1) is 0 Å². The number of carboxylic acid groups (broad SMARTS) is 1. The second-order valence-corrected chi connectivity index (χ2v) is 9.19. The van der Waals surface area contributed by atoms with Gasteiger partial charge in [0.25, 0.3) is 5.91 Å². The van der Waals surface area contributed by atoms with Crippen molar-refractivity contribution in [1.82, 2.24) is 4.90 Å². The number of halogens is 3. The zero-order valence-electron chi connectivity index (χ0n) is 20.8. The minimum absolute atomic E-state index is 0.00285. The lowest BCUT2D eigenvalue weighted by Crippen LogP contribution is -2.34. The largest absolute Gasteiger partial charge is 0.479 e. The van der Waals surface area contributed by atoms with Crippen molar-refractivity contribution in [1.29, 1.82) is 0 Å². The van der Waals surface area contributed by atoms with Gasteiger partial charge in [-0.05, 0) is 64.7 Å². The van der Waals surface area contributed by atoms with E-state index in [1.54, 1.807) is 66.7 Å². The Labute approximate surface area is 226 Å². The SMILES string of the molecule is O=C(Nc1ccc(-c2ccc3c(c2)CN(C(C(=O)O)c2ccccc2)C3=O)cc1)Nc1cccc(C(F)(F)F)c1. The molecule has 0 saturated heterocycles. The molecule has 0 radical (unpaired) electrons. The van der Waals surface area contributed by atoms with E-state index in [2.05, 4.69) is 10.6 Å². The van der Waals surface area contributed by atoms with Crippen LogP contribution in [0.2, 0.25) is 0 Å². The summed E-state index contributed by atoms with van der Waals surface area (Å²) in [5.74, 6) is -1.48. The van der Waals surface area contributed by atoms with E-state index in [4.69, 9.17) is 0 Å². The van der Waals surface area contributed by atoms with Gasteiger partial charge in [-0.25, -0.2) is 9.59 Å². The highest BCUT2D eigenvalue weighted by Crippen LogP contribution is 2.34. The van der Waals surface area contributed by atoms with Gasteiger partial charge in [0.05, 0.1) is 5.56 Å². The number of hydrogen-bond acceptors (Lipinski definition) is 3. The Bertz CT molecular complexity index is 1590. The Balaban J connectivity index is 1.28. The topological polar surface area (TPSA) is 98.7 Å². The highest BCUT2D eigenvalue weighted by molar-refractivity contribution is 6.01. The van der Waals surface area contributed by atoms with Crippen molar-refractivity contribution in [2.24, 2.45) is 0 Å². The van der Waals surface area contributed by atoms with Gasteiger partial charge in [0.2, 0.25) is 0 Å². The third-order valence-corrected chi connectivity index (χ3v) is 6.52. The summed E-state index contributed by atoms with van der Waals surface area (Å²) in [7, 11) is 0. The lowest BCUT2D eigenvalue weighted by molar-refractivity contribution is -0.142. The Kier molecular flexibility index (Phi) is 7.00. The predicted molar refractivity (Wildman–Crippen MR) is 143 cm³/mol. The van der Waals surface area contributed by atoms with E-state index in [1.807, 2.05) is 6.07 Å². The summed E-state index contributed by atoms with van der Waals surface area (Å²) in [4.78, 5) is 38.8. The summed E-state index contributed by atoms with van der Waals surface area (Å²) in [5, 5.41) is 14.8. The number of hydrogen-bond donors (Lipinski definition) is 3. The van der Waals surface area contributed by atoms with Gasteiger partial charge in [-0.15, -0.1) is 0 Å². The number of rotatable bonds is 6. The summed E-state index contributed by atoms with van der Waals surface area (Å²) in [6, 6.07) is 23.2. The monoisotopic (exact) mass is 545 g/mol. The summed E-state index contributed by atoms with van der Waals surface area (Å²) >= 11 is 0. The van der Waals surface area contributed by atoms with Crippen LogP contribution < -0.4 is 10.6 Å². The summed E-state index contributed by atoms with van der Waals surface area (Å²) in [6.45, 7) is 0.142. The smallest absolute Gasteiger partial charge is 0.416 e. The van der Waals surface area contributed by atoms with Crippen molar-refractivity contribution in [2.75, 3.05) is 10.6 Å². The third-order valence-electron chi connectivity index (χ3n) is 6.52. The molecule has 40 heavy (non-hydrogen) atoms. The average Bonchev–Trinajstić information content (AvgIpc) is 3.24. The first-order valence-corrected chi connectivity index (χ1v) is 12.2. The van der Waals surface area contributed by atoms with E-state index in [9.17, 15) is 32.7 Å². The number of amides is 3. The molecule has 1 heterocycles. The second kappa shape index (κ2) is 10.6. The van der Waals surface area contributed by atoms with Gasteiger partial charge < -0.3 is 20.6 Å². The molecule has 4 aromatic carbocycles. The molecule has 3 amide bonds. The molecule has 1 aliphatic rings. The van der Waals surface area contributed by atoms with Crippen LogP contribution in [0.4, 0.5) is 29.3 Å². The van der Waals surface area contributed by atoms with E-state index in [0.717, 1.165) is 23.3 Å². The molecule has 7 nitrogen and oxygen atoms in total. The number of carboxylic acids is 1. The average molecular weight is 546 g/mol. The minimum Gasteiger partial charge on any atom is -0.479 e. The zero-order chi connectivity index (χ0) is 28.4. The second-order valence-electron chi connectivity index (χ2n) is 9.19. The van der Waals surface area contributed by atoms with Crippen molar-refractivity contribution >= 4 is 29.3 Å². The molecule has 5 rings (SSSR count). The quantitative estimate of drug-likeness (QED) is 0.248. The maximum absolute atomic E-state index is 13.1. The van der Waals surface area contributed by atoms with Crippen LogP contribution in [0.15, 0.2) is 97.1 Å². The fourth-order valence-corrected chi connectivity index (χ4v) is 4.64. The van der Waals surface area contributed by atoms with Gasteiger partial charge in [-0.2, -0.15) is 13.2 Å². The minimum atomic E-state index is -4.52. The maximum Gasteiger partial charge on any atom is 0.416 e. The van der Waals surface area contributed by atoms with Crippen LogP contribution in [0.1, 0.15) is 33.1 Å². The van der Waals surface area contributed by atoms with Crippen LogP contribution in [0.3, 0.4) is 0 Å². The van der Waals surface area contributed by atoms with Crippen LogP contribution in [0.25, 0.3) is 11.1 Å². The number of urea groups is 1. The molecule has 1 atom stereocenters. The molecule has 1 aliphatic heterocycles. The molecule has 202 valence electrons. The van der Waals surface area contributed by atoms with E-state index in [-0.39, 0.29) is 18.1 Å². The molecule has 3 N–H and O–H groups in total. The zero-order valence-corrected chi connectivity index (χ0v) is 20.8. The normalized spacial score (nSPS) is 13.5. The van der Waals surface area contributed by atoms with Crippen molar-refractivity contribution < 1.29 is 32.7 Å². The molecule has 0 saturated carbocycles. The molecule has 1 unspecified atom stereocenters. The Morgan fingerprint density at radius 1 is 0.800 bits per heavy atom. The third kappa shape index (κ3) is 5.51. The predicted octanol–water partition coefficient (Wildman–Crippen LogP) is 6.80. The number of benzene rings is 4. The number of anilines is 2. The number of aliphatic carboxylic acids is 1. The van der Waals surface area contributed by atoms with E-state index < -0.39 is 29.8 Å². The van der Waals surface area contributed by atoms with Crippen LogP contribution >= 0.6 is 0 Å². The van der Waals surface area contributed by atoms with Gasteiger partial charge >= 0.3 is 18.2 Å². The fourth-order valence-electron chi connectivity index (χ4n) is 4.64. The van der Waals surface area contributed by atoms with Crippen molar-refractivity contribution in [2.45, 2.75) is 18.8 Å². The molecule has 4 aromatic rings. The highest BCUT2D eigenvalue weighted by atomic mass is 19.4. The Hall–Kier alpha value is -5.12. The van der Waals surface area contributed by atoms with E-state index in [1.165, 1.54) is 17.0 Å². The first-order chi connectivity index (χ1) is 19.1. The number of nitrogens with one attached hydrogen (secondary N) is 2. The molecule has 0 bridgehead atoms. The van der Waals surface area contributed by atoms with Crippen LogP contribution in [-0.4, -0.2) is 27.9 Å². The van der Waals surface area contributed by atoms with E-state index in [0.29, 0.717) is 22.4 Å². The Morgan fingerprint density at radius 3 is 2.15 bits per heavy atom. The van der Waals surface area contributed by atoms with Crippen molar-refractivity contribution in [3.05, 3.63) is 119 Å². The summed E-state index contributed by atoms with van der Waals surface area (Å²) in [6.07, 6.45) is -4.52. The molecule has 0 spiro atoms. The van der Waals surface area contributed by atoms with Crippen molar-refractivity contribution in [3.63, 3.8) is 0 Å². The number of fused-ring (bicyclic) bond motifs is 1. The number of nitrogens with zero attached hydrogens (tertiary/aromatic N) is 1. The van der Waals surface area contributed by atoms with E-state index >= 15 is 0 Å². The lowest BCUT2D eigenvalue weighted by atomic mass is 10.0. The Morgan fingerprint density at radius 2 is 1.48 bits per heavy atom. The van der Waals surface area contributed by atoms with Gasteiger partial charge in [-0.3, -0.25) is 4.79 Å². The molecular formula is C30H22F3N3O4. The molecule has 10 heteroatoms. The standard InChI is InChI=1S/C30H22F3N3O4/c31-30(32,33)22-7-4-8-24(16-22)35-29(40)34-23-12-9-18(10-13-23)20-11-14-25-21(15-20)17-36(27(25)37)26(28(38)39)19-5-2-1-3-6-19/h1-16,26H,17H2,(H,38,39)(H2,34,35,40). The van der Waals surface area contributed by atoms with Gasteiger partial charge in [0.15, 0.2) is 6.04 Å². The molecule has 0 aromatic heterocycles. The van der Waals surface area contributed by atoms with Crippen molar-refractivity contribution in [3.8, 4) is 11.1 Å². The molecular weight excluding hydrogens is 523 g/mol. The number of carbonyl (C=O) groups excluding carboxylic acids is 2. The lowest BCUT2D eigenvalue weighted by Gasteiger charge is -2.24. The van der Waals surface area contributed by atoms with Crippen LogP contribution in [0.5, 0.6) is 0 Å². The maximum atomic E-state index is 13.1. The fraction of sp³-hybridized carbons (Fsp3) is 0.100. The summed E-state index contributed by atoms with van der Waals surface area (Å²) < 4.78 is 38.7. The number of alkyl halides is 3. The summed E-state index contributed by atoms with van der Waals surface area (Å²) in [5.41, 5.74) is 2.79. The van der Waals surface area contributed by atoms with Gasteiger partial charge in [-0.1, -0.05) is 54.6 Å². The molecule has 0 fully saturated rings. The molecule has 0 aliphatic carbocycles. The number of carbonyl (C=O) groups is 3. The van der Waals surface area contributed by atoms with Gasteiger partial charge in [0.1, 0.15) is 0 Å². The van der Waals surface area contributed by atoms with Gasteiger partial charge in [0, 0.05) is 23.5 Å². The van der Waals surface area contributed by atoms with Crippen LogP contribution in [-0.2, 0) is 17.5 Å². The highest BCUT2D eigenvalue weighted by Gasteiger charge is 2.37. The first-order valence-electron chi connectivity index (χ1n) is 12.2. The first kappa shape index (κ1) is 26.5.